The molecule has 0 aliphatic heterocycles. The van der Waals surface area contributed by atoms with Gasteiger partial charge in [-0.05, 0) is 52.4 Å². The van der Waals surface area contributed by atoms with Crippen LogP contribution in [-0.4, -0.2) is 18.4 Å². The summed E-state index contributed by atoms with van der Waals surface area (Å²) in [4.78, 5) is 24.8. The van der Waals surface area contributed by atoms with Crippen LogP contribution in [0.25, 0.3) is 0 Å². The molecule has 0 radical (unpaired) electrons. The molecule has 1 heterocycles. The van der Waals surface area contributed by atoms with Crippen molar-refractivity contribution in [2.75, 3.05) is 11.9 Å². The third kappa shape index (κ3) is 5.61. The van der Waals surface area contributed by atoms with E-state index in [1.807, 2.05) is 29.6 Å². The molecule has 2 N–H and O–H groups in total. The van der Waals surface area contributed by atoms with Crippen molar-refractivity contribution in [3.8, 4) is 0 Å². The molecule has 0 aliphatic carbocycles. The Bertz CT molecular complexity index is 629. The van der Waals surface area contributed by atoms with E-state index in [-0.39, 0.29) is 18.4 Å². The van der Waals surface area contributed by atoms with E-state index in [0.29, 0.717) is 12.1 Å². The predicted molar refractivity (Wildman–Crippen MR) is 93.0 cm³/mol. The molecule has 0 unspecified atom stereocenters. The molecule has 2 rings (SSSR count). The van der Waals surface area contributed by atoms with Gasteiger partial charge in [-0.25, -0.2) is 0 Å². The van der Waals surface area contributed by atoms with Gasteiger partial charge in [0.15, 0.2) is 0 Å². The fourth-order valence-electron chi connectivity index (χ4n) is 1.90. The van der Waals surface area contributed by atoms with Crippen LogP contribution in [-0.2, 0) is 16.0 Å². The number of para-hydroxylation sites is 1. The van der Waals surface area contributed by atoms with Crippen molar-refractivity contribution in [2.24, 2.45) is 0 Å². The van der Waals surface area contributed by atoms with Crippen LogP contribution >= 0.6 is 27.3 Å². The first kappa shape index (κ1) is 16.7. The first-order chi connectivity index (χ1) is 10.6. The average molecular weight is 381 g/mol. The summed E-state index contributed by atoms with van der Waals surface area (Å²) in [7, 11) is 0. The second-order valence-corrected chi connectivity index (χ2v) is 6.62. The molecule has 0 bridgehead atoms. The summed E-state index contributed by atoms with van der Waals surface area (Å²) in [5, 5.41) is 7.41. The molecule has 0 saturated heterocycles. The van der Waals surface area contributed by atoms with E-state index in [0.717, 1.165) is 17.3 Å². The molecule has 0 aliphatic rings. The van der Waals surface area contributed by atoms with E-state index in [9.17, 15) is 9.59 Å². The van der Waals surface area contributed by atoms with Gasteiger partial charge < -0.3 is 10.6 Å². The number of hydrogen-bond acceptors (Lipinski definition) is 3. The highest BCUT2D eigenvalue weighted by molar-refractivity contribution is 9.10. The van der Waals surface area contributed by atoms with Gasteiger partial charge in [0.1, 0.15) is 0 Å². The molecule has 0 atom stereocenters. The number of benzene rings is 1. The Morgan fingerprint density at radius 1 is 1.09 bits per heavy atom. The Hall–Kier alpha value is -1.66. The number of carbonyl (C=O) groups excluding carboxylic acids is 2. The molecule has 2 aromatic rings. The molecule has 22 heavy (non-hydrogen) atoms. The monoisotopic (exact) mass is 380 g/mol. The normalized spacial score (nSPS) is 10.2. The van der Waals surface area contributed by atoms with E-state index in [1.165, 1.54) is 4.88 Å². The molecule has 0 spiro atoms. The topological polar surface area (TPSA) is 58.2 Å². The highest BCUT2D eigenvalue weighted by Gasteiger charge is 2.07. The summed E-state index contributed by atoms with van der Waals surface area (Å²) in [6.07, 6.45) is 2.12. The van der Waals surface area contributed by atoms with Crippen LogP contribution in [0.3, 0.4) is 0 Å². The molecular formula is C16H17BrN2O2S. The lowest BCUT2D eigenvalue weighted by molar-refractivity contribution is -0.124. The smallest absolute Gasteiger partial charge is 0.243 e. The van der Waals surface area contributed by atoms with Crippen LogP contribution in [0.2, 0.25) is 0 Å². The largest absolute Gasteiger partial charge is 0.347 e. The maximum absolute atomic E-state index is 11.8. The van der Waals surface area contributed by atoms with Crippen LogP contribution in [0.1, 0.15) is 17.7 Å². The first-order valence-electron chi connectivity index (χ1n) is 6.98. The van der Waals surface area contributed by atoms with Crippen molar-refractivity contribution in [1.82, 2.24) is 5.32 Å². The third-order valence-electron chi connectivity index (χ3n) is 3.00. The standard InChI is InChI=1S/C16H17BrN2O2S/c17-13-7-1-2-8-14(13)19-16(21)11-18-15(20)9-3-5-12-6-4-10-22-12/h1-2,4,6-8,10H,3,5,9,11H2,(H,18,20)(H,19,21). The maximum atomic E-state index is 11.8. The molecule has 1 aromatic heterocycles. The lowest BCUT2D eigenvalue weighted by Gasteiger charge is -2.08. The SMILES string of the molecule is O=C(CCCc1cccs1)NCC(=O)Nc1ccccc1Br. The van der Waals surface area contributed by atoms with Crippen LogP contribution in [0, 0.1) is 0 Å². The summed E-state index contributed by atoms with van der Waals surface area (Å²) in [6, 6.07) is 11.4. The fourth-order valence-corrected chi connectivity index (χ4v) is 3.04. The van der Waals surface area contributed by atoms with Gasteiger partial charge in [-0.2, -0.15) is 0 Å². The lowest BCUT2D eigenvalue weighted by atomic mass is 10.2. The summed E-state index contributed by atoms with van der Waals surface area (Å²) in [5.74, 6) is -0.336. The van der Waals surface area contributed by atoms with Gasteiger partial charge in [0, 0.05) is 15.8 Å². The van der Waals surface area contributed by atoms with Gasteiger partial charge in [-0.3, -0.25) is 9.59 Å². The third-order valence-corrected chi connectivity index (χ3v) is 4.63. The highest BCUT2D eigenvalue weighted by Crippen LogP contribution is 2.20. The number of hydrogen-bond donors (Lipinski definition) is 2. The van der Waals surface area contributed by atoms with Gasteiger partial charge in [-0.15, -0.1) is 11.3 Å². The number of carbonyl (C=O) groups is 2. The zero-order valence-corrected chi connectivity index (χ0v) is 14.4. The summed E-state index contributed by atoms with van der Waals surface area (Å²) in [5.41, 5.74) is 0.694. The molecule has 6 heteroatoms. The number of thiophene rings is 1. The predicted octanol–water partition coefficient (Wildman–Crippen LogP) is 3.59. The Morgan fingerprint density at radius 2 is 1.91 bits per heavy atom. The minimum Gasteiger partial charge on any atom is -0.347 e. The Morgan fingerprint density at radius 3 is 2.64 bits per heavy atom. The lowest BCUT2D eigenvalue weighted by Crippen LogP contribution is -2.32. The van der Waals surface area contributed by atoms with Gasteiger partial charge in [0.25, 0.3) is 0 Å². The Kier molecular flexibility index (Phi) is 6.61. The van der Waals surface area contributed by atoms with Crippen molar-refractivity contribution in [1.29, 1.82) is 0 Å². The molecule has 4 nitrogen and oxygen atoms in total. The van der Waals surface area contributed by atoms with E-state index < -0.39 is 0 Å². The van der Waals surface area contributed by atoms with Crippen LogP contribution < -0.4 is 10.6 Å². The van der Waals surface area contributed by atoms with Crippen molar-refractivity contribution < 1.29 is 9.59 Å². The van der Waals surface area contributed by atoms with Crippen molar-refractivity contribution in [2.45, 2.75) is 19.3 Å². The number of nitrogens with one attached hydrogen (secondary N) is 2. The van der Waals surface area contributed by atoms with E-state index >= 15 is 0 Å². The van der Waals surface area contributed by atoms with E-state index in [4.69, 9.17) is 0 Å². The fraction of sp³-hybridized carbons (Fsp3) is 0.250. The molecular weight excluding hydrogens is 364 g/mol. The molecule has 116 valence electrons. The Labute approximate surface area is 142 Å². The summed E-state index contributed by atoms with van der Waals surface area (Å²) < 4.78 is 0.811. The molecule has 0 fully saturated rings. The van der Waals surface area contributed by atoms with Crippen molar-refractivity contribution in [3.05, 3.63) is 51.1 Å². The van der Waals surface area contributed by atoms with Gasteiger partial charge >= 0.3 is 0 Å². The maximum Gasteiger partial charge on any atom is 0.243 e. The minimum atomic E-state index is -0.237. The molecule has 0 saturated carbocycles. The van der Waals surface area contributed by atoms with Crippen LogP contribution in [0.15, 0.2) is 46.3 Å². The molecule has 2 amide bonds. The first-order valence-corrected chi connectivity index (χ1v) is 8.66. The number of halogens is 1. The zero-order chi connectivity index (χ0) is 15.8. The minimum absolute atomic E-state index is 0.0147. The van der Waals surface area contributed by atoms with Crippen LogP contribution in [0.5, 0.6) is 0 Å². The van der Waals surface area contributed by atoms with Crippen molar-refractivity contribution >= 4 is 44.8 Å². The average Bonchev–Trinajstić information content (AvgIpc) is 3.01. The zero-order valence-electron chi connectivity index (χ0n) is 12.0. The van der Waals surface area contributed by atoms with E-state index in [1.54, 1.807) is 17.4 Å². The summed E-state index contributed by atoms with van der Waals surface area (Å²) >= 11 is 5.05. The number of anilines is 1. The number of aryl methyl sites for hydroxylation is 1. The second kappa shape index (κ2) is 8.70. The van der Waals surface area contributed by atoms with Crippen molar-refractivity contribution in [3.63, 3.8) is 0 Å². The van der Waals surface area contributed by atoms with Gasteiger partial charge in [0.2, 0.25) is 11.8 Å². The summed E-state index contributed by atoms with van der Waals surface area (Å²) in [6.45, 7) is -0.0147. The number of amides is 2. The van der Waals surface area contributed by atoms with E-state index in [2.05, 4.69) is 32.6 Å². The highest BCUT2D eigenvalue weighted by atomic mass is 79.9. The van der Waals surface area contributed by atoms with Gasteiger partial charge in [-0.1, -0.05) is 18.2 Å². The molecule has 1 aromatic carbocycles. The quantitative estimate of drug-likeness (QED) is 0.770. The van der Waals surface area contributed by atoms with Gasteiger partial charge in [0.05, 0.1) is 12.2 Å². The Balaban J connectivity index is 1.65. The second-order valence-electron chi connectivity index (χ2n) is 4.74. The number of rotatable bonds is 7. The van der Waals surface area contributed by atoms with Crippen LogP contribution in [0.4, 0.5) is 5.69 Å².